The van der Waals surface area contributed by atoms with Crippen LogP contribution in [0.5, 0.6) is 0 Å². The number of nitrogens with zero attached hydrogens (tertiary/aromatic N) is 2. The molecule has 18 heavy (non-hydrogen) atoms. The van der Waals surface area contributed by atoms with Crippen molar-refractivity contribution in [3.63, 3.8) is 0 Å². The summed E-state index contributed by atoms with van der Waals surface area (Å²) in [4.78, 5) is 15.0. The van der Waals surface area contributed by atoms with E-state index in [1.807, 2.05) is 0 Å². The second-order valence-electron chi connectivity index (χ2n) is 3.38. The van der Waals surface area contributed by atoms with Crippen LogP contribution in [0.25, 0.3) is 0 Å². The molecule has 1 heterocycles. The number of carbonyl (C=O) groups excluding carboxylic acids is 1. The molecule has 0 N–H and O–H groups in total. The molecule has 0 spiro atoms. The first-order chi connectivity index (χ1) is 8.42. The lowest BCUT2D eigenvalue weighted by Gasteiger charge is -2.07. The van der Waals surface area contributed by atoms with Crippen LogP contribution in [0, 0.1) is 0 Å². The van der Waals surface area contributed by atoms with Gasteiger partial charge in [0, 0.05) is 12.7 Å². The van der Waals surface area contributed by atoms with E-state index in [9.17, 15) is 18.0 Å². The molecule has 102 valence electrons. The highest BCUT2D eigenvalue weighted by molar-refractivity contribution is 5.86. The number of alkyl halides is 3. The molecule has 0 aliphatic heterocycles. The third kappa shape index (κ3) is 5.17. The highest BCUT2D eigenvalue weighted by Crippen LogP contribution is 2.14. The van der Waals surface area contributed by atoms with Crippen LogP contribution < -0.4 is 0 Å². The third-order valence-corrected chi connectivity index (χ3v) is 1.88. The molecule has 0 bridgehead atoms. The molecule has 0 saturated carbocycles. The van der Waals surface area contributed by atoms with Crippen molar-refractivity contribution in [1.29, 1.82) is 0 Å². The largest absolute Gasteiger partial charge is 0.461 e. The molecule has 1 aromatic heterocycles. The van der Waals surface area contributed by atoms with Gasteiger partial charge in [0.15, 0.2) is 5.69 Å². The Morgan fingerprint density at radius 2 is 2.22 bits per heavy atom. The van der Waals surface area contributed by atoms with Crippen molar-refractivity contribution in [1.82, 2.24) is 9.55 Å². The lowest BCUT2D eigenvalue weighted by Crippen LogP contribution is -2.18. The lowest BCUT2D eigenvalue weighted by atomic mass is 10.5. The van der Waals surface area contributed by atoms with Gasteiger partial charge < -0.3 is 14.0 Å². The molecule has 0 saturated heterocycles. The Bertz CT molecular complexity index is 390. The van der Waals surface area contributed by atoms with E-state index in [2.05, 4.69) is 9.72 Å². The highest BCUT2D eigenvalue weighted by Gasteiger charge is 2.27. The first-order valence-corrected chi connectivity index (χ1v) is 5.25. The van der Waals surface area contributed by atoms with E-state index in [0.717, 1.165) is 0 Å². The SMILES string of the molecule is CCOC(=O)c1cn(CCOCC(F)(F)F)cn1. The van der Waals surface area contributed by atoms with Gasteiger partial charge in [-0.3, -0.25) is 0 Å². The minimum absolute atomic E-state index is 0.113. The maximum absolute atomic E-state index is 11.8. The molecule has 5 nitrogen and oxygen atoms in total. The van der Waals surface area contributed by atoms with Crippen LogP contribution in [0.4, 0.5) is 13.2 Å². The molecule has 0 aliphatic carbocycles. The minimum atomic E-state index is -4.33. The van der Waals surface area contributed by atoms with Crippen molar-refractivity contribution >= 4 is 5.97 Å². The molecule has 0 fully saturated rings. The molecule has 0 unspecified atom stereocenters. The van der Waals surface area contributed by atoms with Gasteiger partial charge in [0.25, 0.3) is 0 Å². The fourth-order valence-electron chi connectivity index (χ4n) is 1.15. The molecule has 0 aromatic carbocycles. The van der Waals surface area contributed by atoms with E-state index in [0.29, 0.717) is 0 Å². The van der Waals surface area contributed by atoms with E-state index in [1.54, 1.807) is 6.92 Å². The molecule has 0 amide bonds. The van der Waals surface area contributed by atoms with Crippen LogP contribution in [-0.4, -0.2) is 41.5 Å². The molecular formula is C10H13F3N2O3. The summed E-state index contributed by atoms with van der Waals surface area (Å²) in [5, 5.41) is 0. The zero-order valence-electron chi connectivity index (χ0n) is 9.74. The summed E-state index contributed by atoms with van der Waals surface area (Å²) < 4.78 is 45.9. The van der Waals surface area contributed by atoms with Crippen molar-refractivity contribution < 1.29 is 27.4 Å². The van der Waals surface area contributed by atoms with Crippen LogP contribution >= 0.6 is 0 Å². The van der Waals surface area contributed by atoms with Crippen molar-refractivity contribution in [2.45, 2.75) is 19.6 Å². The van der Waals surface area contributed by atoms with Crippen molar-refractivity contribution in [3.05, 3.63) is 18.2 Å². The molecule has 1 rings (SSSR count). The van der Waals surface area contributed by atoms with Crippen LogP contribution in [0.15, 0.2) is 12.5 Å². The molecule has 1 aromatic rings. The van der Waals surface area contributed by atoms with E-state index in [4.69, 9.17) is 4.74 Å². The van der Waals surface area contributed by atoms with Crippen molar-refractivity contribution in [2.24, 2.45) is 0 Å². The summed E-state index contributed by atoms with van der Waals surface area (Å²) in [6, 6.07) is 0. The Labute approximate surface area is 102 Å². The zero-order chi connectivity index (χ0) is 13.6. The number of esters is 1. The number of carbonyl (C=O) groups is 1. The third-order valence-electron chi connectivity index (χ3n) is 1.88. The van der Waals surface area contributed by atoms with Gasteiger partial charge in [-0.05, 0) is 6.92 Å². The van der Waals surface area contributed by atoms with Gasteiger partial charge in [-0.2, -0.15) is 13.2 Å². The summed E-state index contributed by atoms with van der Waals surface area (Å²) >= 11 is 0. The van der Waals surface area contributed by atoms with Crippen LogP contribution in [-0.2, 0) is 16.0 Å². The topological polar surface area (TPSA) is 53.4 Å². The Kier molecular flexibility index (Phi) is 5.14. The maximum atomic E-state index is 11.8. The van der Waals surface area contributed by atoms with Gasteiger partial charge >= 0.3 is 12.1 Å². The van der Waals surface area contributed by atoms with E-state index in [-0.39, 0.29) is 25.5 Å². The second-order valence-corrected chi connectivity index (χ2v) is 3.38. The van der Waals surface area contributed by atoms with Gasteiger partial charge in [0.2, 0.25) is 0 Å². The van der Waals surface area contributed by atoms with E-state index >= 15 is 0 Å². The number of aromatic nitrogens is 2. The average Bonchev–Trinajstić information content (AvgIpc) is 2.72. The lowest BCUT2D eigenvalue weighted by molar-refractivity contribution is -0.174. The Balaban J connectivity index is 2.33. The summed E-state index contributed by atoms with van der Waals surface area (Å²) in [5.41, 5.74) is 0.118. The highest BCUT2D eigenvalue weighted by atomic mass is 19.4. The van der Waals surface area contributed by atoms with Crippen molar-refractivity contribution in [3.8, 4) is 0 Å². The summed E-state index contributed by atoms with van der Waals surface area (Å²) in [6.45, 7) is 0.688. The second kappa shape index (κ2) is 6.39. The maximum Gasteiger partial charge on any atom is 0.411 e. The van der Waals surface area contributed by atoms with Gasteiger partial charge in [-0.1, -0.05) is 0 Å². The van der Waals surface area contributed by atoms with Gasteiger partial charge in [0.1, 0.15) is 6.61 Å². The van der Waals surface area contributed by atoms with Crippen LogP contribution in [0.3, 0.4) is 0 Å². The van der Waals surface area contributed by atoms with Gasteiger partial charge in [0.05, 0.1) is 19.5 Å². The number of ether oxygens (including phenoxy) is 2. The normalized spacial score (nSPS) is 11.6. The summed E-state index contributed by atoms with van der Waals surface area (Å²) in [7, 11) is 0. The first kappa shape index (κ1) is 14.5. The number of imidazole rings is 1. The fraction of sp³-hybridized carbons (Fsp3) is 0.600. The Hall–Kier alpha value is -1.57. The van der Waals surface area contributed by atoms with Gasteiger partial charge in [-0.15, -0.1) is 0 Å². The predicted molar refractivity (Wildman–Crippen MR) is 55.1 cm³/mol. The first-order valence-electron chi connectivity index (χ1n) is 5.25. The molecule has 0 aliphatic rings. The van der Waals surface area contributed by atoms with Gasteiger partial charge in [-0.25, -0.2) is 9.78 Å². The molecule has 0 radical (unpaired) electrons. The van der Waals surface area contributed by atoms with E-state index in [1.165, 1.54) is 17.1 Å². The molecule has 0 atom stereocenters. The Morgan fingerprint density at radius 1 is 1.50 bits per heavy atom. The quantitative estimate of drug-likeness (QED) is 0.580. The van der Waals surface area contributed by atoms with Crippen LogP contribution in [0.1, 0.15) is 17.4 Å². The van der Waals surface area contributed by atoms with Crippen molar-refractivity contribution in [2.75, 3.05) is 19.8 Å². The Morgan fingerprint density at radius 3 is 2.83 bits per heavy atom. The predicted octanol–water partition coefficient (Wildman–Crippen LogP) is 1.64. The smallest absolute Gasteiger partial charge is 0.411 e. The monoisotopic (exact) mass is 266 g/mol. The van der Waals surface area contributed by atoms with E-state index < -0.39 is 18.8 Å². The number of halogens is 3. The minimum Gasteiger partial charge on any atom is -0.461 e. The summed E-state index contributed by atoms with van der Waals surface area (Å²) in [6.07, 6.45) is -1.59. The molecule has 8 heteroatoms. The standard InChI is InChI=1S/C10H13F3N2O3/c1-2-18-9(16)8-5-15(7-14-8)3-4-17-6-10(11,12)13/h5,7H,2-4,6H2,1H3. The molecular weight excluding hydrogens is 253 g/mol. The summed E-state index contributed by atoms with van der Waals surface area (Å²) in [5.74, 6) is -0.563. The number of hydrogen-bond acceptors (Lipinski definition) is 4. The zero-order valence-corrected chi connectivity index (χ0v) is 9.74. The van der Waals surface area contributed by atoms with Crippen LogP contribution in [0.2, 0.25) is 0 Å². The fourth-order valence-corrected chi connectivity index (χ4v) is 1.15. The number of hydrogen-bond donors (Lipinski definition) is 0. The average molecular weight is 266 g/mol. The number of rotatable bonds is 6.